The van der Waals surface area contributed by atoms with Gasteiger partial charge in [-0.2, -0.15) is 0 Å². The number of methoxy groups -OCH3 is 1. The number of nitrogens with zero attached hydrogens (tertiary/aromatic N) is 1. The summed E-state index contributed by atoms with van der Waals surface area (Å²) in [5.74, 6) is 1.39. The third-order valence-corrected chi connectivity index (χ3v) is 5.20. The molecule has 3 rings (SSSR count). The smallest absolute Gasteiger partial charge is 0.140 e. The minimum absolute atomic E-state index is 0. The molecule has 2 aromatic carbocycles. The van der Waals surface area contributed by atoms with Gasteiger partial charge in [0.05, 0.1) is 7.11 Å². The number of rotatable bonds is 6. The number of Topliss-reactive ketones (excluding diaryl/α,β-unsaturated/α-hetero) is 1. The van der Waals surface area contributed by atoms with Gasteiger partial charge in [0.1, 0.15) is 11.5 Å². The lowest BCUT2D eigenvalue weighted by molar-refractivity contribution is -0.122. The van der Waals surface area contributed by atoms with Gasteiger partial charge in [-0.25, -0.2) is 0 Å². The first-order valence-electron chi connectivity index (χ1n) is 9.19. The number of hydrogen-bond acceptors (Lipinski definition) is 3. The van der Waals surface area contributed by atoms with Crippen molar-refractivity contribution in [2.45, 2.75) is 32.6 Å². The highest BCUT2D eigenvalue weighted by Gasteiger charge is 2.25. The third-order valence-electron chi connectivity index (χ3n) is 5.20. The maximum absolute atomic E-state index is 12.6. The lowest BCUT2D eigenvalue weighted by Crippen LogP contribution is -2.37. The fourth-order valence-corrected chi connectivity index (χ4v) is 3.65. The van der Waals surface area contributed by atoms with Crippen LogP contribution in [-0.4, -0.2) is 26.0 Å². The van der Waals surface area contributed by atoms with Crippen LogP contribution in [-0.2, 0) is 17.6 Å². The van der Waals surface area contributed by atoms with Gasteiger partial charge in [0.15, 0.2) is 0 Å². The summed E-state index contributed by atoms with van der Waals surface area (Å²) in [6.45, 7) is 4.13. The second kappa shape index (κ2) is 9.63. The Bertz CT molecular complexity index is 706. The molecule has 140 valence electrons. The van der Waals surface area contributed by atoms with Crippen molar-refractivity contribution in [3.63, 3.8) is 0 Å². The summed E-state index contributed by atoms with van der Waals surface area (Å²) >= 11 is 0. The number of carbonyl (C=O) groups is 1. The van der Waals surface area contributed by atoms with Crippen molar-refractivity contribution in [1.82, 2.24) is 0 Å². The van der Waals surface area contributed by atoms with E-state index < -0.39 is 0 Å². The highest BCUT2D eigenvalue weighted by atomic mass is 35.5. The first kappa shape index (κ1) is 20.3. The Kier molecular flexibility index (Phi) is 7.52. The number of hydrogen-bond donors (Lipinski definition) is 0. The monoisotopic (exact) mass is 373 g/mol. The van der Waals surface area contributed by atoms with E-state index in [-0.39, 0.29) is 18.3 Å². The molecule has 1 aliphatic heterocycles. The van der Waals surface area contributed by atoms with Crippen molar-refractivity contribution in [3.8, 4) is 5.75 Å². The maximum Gasteiger partial charge on any atom is 0.140 e. The van der Waals surface area contributed by atoms with Crippen LogP contribution in [0.15, 0.2) is 48.5 Å². The zero-order chi connectivity index (χ0) is 17.6. The predicted octanol–water partition coefficient (Wildman–Crippen LogP) is 4.71. The predicted molar refractivity (Wildman–Crippen MR) is 110 cm³/mol. The Morgan fingerprint density at radius 3 is 2.35 bits per heavy atom. The molecule has 3 nitrogen and oxygen atoms in total. The number of aryl methyl sites for hydroxylation is 1. The van der Waals surface area contributed by atoms with Crippen LogP contribution in [0.1, 0.15) is 30.9 Å². The van der Waals surface area contributed by atoms with E-state index in [4.69, 9.17) is 4.74 Å². The highest BCUT2D eigenvalue weighted by molar-refractivity contribution is 5.85. The van der Waals surface area contributed by atoms with Gasteiger partial charge in [0, 0.05) is 31.1 Å². The average Bonchev–Trinajstić information content (AvgIpc) is 2.68. The topological polar surface area (TPSA) is 29.5 Å². The average molecular weight is 374 g/mol. The van der Waals surface area contributed by atoms with Crippen molar-refractivity contribution in [2.24, 2.45) is 5.92 Å². The number of carbonyl (C=O) groups excluding carboxylic acids is 1. The van der Waals surface area contributed by atoms with Crippen LogP contribution in [0.5, 0.6) is 5.75 Å². The largest absolute Gasteiger partial charge is 0.497 e. The molecule has 26 heavy (non-hydrogen) atoms. The quantitative estimate of drug-likeness (QED) is 0.734. The number of anilines is 1. The van der Waals surface area contributed by atoms with E-state index in [0.717, 1.165) is 43.7 Å². The third kappa shape index (κ3) is 4.79. The second-order valence-electron chi connectivity index (χ2n) is 6.73. The molecule has 0 radical (unpaired) electrons. The van der Waals surface area contributed by atoms with Crippen LogP contribution in [0.4, 0.5) is 5.69 Å². The van der Waals surface area contributed by atoms with Crippen molar-refractivity contribution < 1.29 is 9.53 Å². The molecular weight excluding hydrogens is 346 g/mol. The standard InChI is InChI=1S/C22H27NO2.ClH/c1-3-18-6-4-5-7-21(18)23-14-12-19(13-15-23)22(24)16-17-8-10-20(25-2)11-9-17;/h4-11,19H,3,12-16H2,1-2H3;1H. The molecule has 0 spiro atoms. The fraction of sp³-hybridized carbons (Fsp3) is 0.409. The zero-order valence-corrected chi connectivity index (χ0v) is 16.4. The fourth-order valence-electron chi connectivity index (χ4n) is 3.65. The summed E-state index contributed by atoms with van der Waals surface area (Å²) in [6.07, 6.45) is 3.48. The molecule has 1 fully saturated rings. The van der Waals surface area contributed by atoms with Crippen LogP contribution in [0.2, 0.25) is 0 Å². The van der Waals surface area contributed by atoms with Crippen molar-refractivity contribution in [1.29, 1.82) is 0 Å². The maximum atomic E-state index is 12.6. The lowest BCUT2D eigenvalue weighted by atomic mass is 9.89. The minimum Gasteiger partial charge on any atom is -0.497 e. The molecule has 1 saturated heterocycles. The molecule has 0 N–H and O–H groups in total. The summed E-state index contributed by atoms with van der Waals surface area (Å²) in [6, 6.07) is 16.4. The van der Waals surface area contributed by atoms with Gasteiger partial charge >= 0.3 is 0 Å². The summed E-state index contributed by atoms with van der Waals surface area (Å²) < 4.78 is 5.17. The van der Waals surface area contributed by atoms with Gasteiger partial charge in [-0.1, -0.05) is 37.3 Å². The molecule has 4 heteroatoms. The van der Waals surface area contributed by atoms with E-state index in [1.54, 1.807) is 7.11 Å². The van der Waals surface area contributed by atoms with Gasteiger partial charge in [-0.3, -0.25) is 4.79 Å². The summed E-state index contributed by atoms with van der Waals surface area (Å²) in [5, 5.41) is 0. The van der Waals surface area contributed by atoms with Crippen LogP contribution >= 0.6 is 12.4 Å². The Hall–Kier alpha value is -2.00. The second-order valence-corrected chi connectivity index (χ2v) is 6.73. The van der Waals surface area contributed by atoms with Crippen molar-refractivity contribution >= 4 is 23.9 Å². The van der Waals surface area contributed by atoms with E-state index in [0.29, 0.717) is 12.2 Å². The summed E-state index contributed by atoms with van der Waals surface area (Å²) in [5.41, 5.74) is 3.81. The van der Waals surface area contributed by atoms with E-state index in [1.165, 1.54) is 11.3 Å². The van der Waals surface area contributed by atoms with E-state index in [9.17, 15) is 4.79 Å². The zero-order valence-electron chi connectivity index (χ0n) is 15.6. The Morgan fingerprint density at radius 2 is 1.73 bits per heavy atom. The molecule has 0 saturated carbocycles. The lowest BCUT2D eigenvalue weighted by Gasteiger charge is -2.34. The molecule has 0 amide bonds. The highest BCUT2D eigenvalue weighted by Crippen LogP contribution is 2.27. The SMILES string of the molecule is CCc1ccccc1N1CCC(C(=O)Cc2ccc(OC)cc2)CC1.Cl. The van der Waals surface area contributed by atoms with Gasteiger partial charge < -0.3 is 9.64 Å². The van der Waals surface area contributed by atoms with Gasteiger partial charge in [0.2, 0.25) is 0 Å². The van der Waals surface area contributed by atoms with Gasteiger partial charge in [0.25, 0.3) is 0 Å². The first-order chi connectivity index (χ1) is 12.2. The van der Waals surface area contributed by atoms with E-state index in [1.807, 2.05) is 24.3 Å². The van der Waals surface area contributed by atoms with Crippen LogP contribution in [0.25, 0.3) is 0 Å². The van der Waals surface area contributed by atoms with Crippen LogP contribution < -0.4 is 9.64 Å². The van der Waals surface area contributed by atoms with Crippen molar-refractivity contribution in [2.75, 3.05) is 25.1 Å². The molecule has 0 bridgehead atoms. The van der Waals surface area contributed by atoms with Crippen LogP contribution in [0, 0.1) is 5.92 Å². The van der Waals surface area contributed by atoms with Crippen LogP contribution in [0.3, 0.4) is 0 Å². The molecular formula is C22H28ClNO2. The Labute approximate surface area is 162 Å². The molecule has 1 aliphatic rings. The molecule has 0 aromatic heterocycles. The Balaban J connectivity index is 0.00000243. The number of halogens is 1. The summed E-state index contributed by atoms with van der Waals surface area (Å²) in [7, 11) is 1.66. The molecule has 0 aliphatic carbocycles. The molecule has 0 atom stereocenters. The molecule has 1 heterocycles. The number of benzene rings is 2. The van der Waals surface area contributed by atoms with Gasteiger partial charge in [-0.15, -0.1) is 12.4 Å². The number of ketones is 1. The van der Waals surface area contributed by atoms with Gasteiger partial charge in [-0.05, 0) is 48.6 Å². The minimum atomic E-state index is 0. The molecule has 0 unspecified atom stereocenters. The van der Waals surface area contributed by atoms with Crippen molar-refractivity contribution in [3.05, 3.63) is 59.7 Å². The Morgan fingerprint density at radius 1 is 1.08 bits per heavy atom. The molecule has 2 aromatic rings. The summed E-state index contributed by atoms with van der Waals surface area (Å²) in [4.78, 5) is 15.1. The van der Waals surface area contributed by atoms with E-state index >= 15 is 0 Å². The number of para-hydroxylation sites is 1. The number of piperidine rings is 1. The normalized spacial score (nSPS) is 14.6. The van der Waals surface area contributed by atoms with E-state index in [2.05, 4.69) is 36.1 Å². The number of ether oxygens (including phenoxy) is 1. The first-order valence-corrected chi connectivity index (χ1v) is 9.19.